The standard InChI is InChI=1S/C13H15NO6/c1-4-20-13(16)11(12(15)19-3)9-6-5-8(2)7-10(9)14(17)18/h5-7,11H,4H2,1-3H3. The van der Waals surface area contributed by atoms with Crippen molar-refractivity contribution in [2.75, 3.05) is 13.7 Å². The molecule has 1 aromatic rings. The van der Waals surface area contributed by atoms with E-state index in [9.17, 15) is 19.7 Å². The van der Waals surface area contributed by atoms with Gasteiger partial charge >= 0.3 is 11.9 Å². The van der Waals surface area contributed by atoms with Gasteiger partial charge in [-0.1, -0.05) is 12.1 Å². The number of nitro groups is 1. The van der Waals surface area contributed by atoms with Crippen LogP contribution in [0.2, 0.25) is 0 Å². The van der Waals surface area contributed by atoms with Crippen LogP contribution in [0.25, 0.3) is 0 Å². The number of methoxy groups -OCH3 is 1. The molecule has 108 valence electrons. The van der Waals surface area contributed by atoms with Crippen molar-refractivity contribution in [1.29, 1.82) is 0 Å². The van der Waals surface area contributed by atoms with Gasteiger partial charge in [-0.25, -0.2) is 0 Å². The lowest BCUT2D eigenvalue weighted by atomic mass is 9.96. The average Bonchev–Trinajstić information content (AvgIpc) is 2.40. The van der Waals surface area contributed by atoms with Crippen LogP contribution in [0.5, 0.6) is 0 Å². The van der Waals surface area contributed by atoms with Crippen LogP contribution in [0, 0.1) is 17.0 Å². The molecule has 0 saturated heterocycles. The summed E-state index contributed by atoms with van der Waals surface area (Å²) in [6, 6.07) is 4.24. The van der Waals surface area contributed by atoms with E-state index in [-0.39, 0.29) is 17.9 Å². The lowest BCUT2D eigenvalue weighted by molar-refractivity contribution is -0.385. The van der Waals surface area contributed by atoms with Crippen molar-refractivity contribution in [3.05, 3.63) is 39.4 Å². The van der Waals surface area contributed by atoms with Crippen molar-refractivity contribution in [1.82, 2.24) is 0 Å². The Labute approximate surface area is 115 Å². The van der Waals surface area contributed by atoms with Crippen molar-refractivity contribution in [2.24, 2.45) is 0 Å². The van der Waals surface area contributed by atoms with Gasteiger partial charge in [-0.05, 0) is 19.4 Å². The minimum atomic E-state index is -1.46. The van der Waals surface area contributed by atoms with Crippen molar-refractivity contribution < 1.29 is 24.0 Å². The van der Waals surface area contributed by atoms with Crippen LogP contribution >= 0.6 is 0 Å². The quantitative estimate of drug-likeness (QED) is 0.353. The molecule has 0 amide bonds. The van der Waals surface area contributed by atoms with E-state index < -0.39 is 22.8 Å². The van der Waals surface area contributed by atoms with Crippen molar-refractivity contribution >= 4 is 17.6 Å². The van der Waals surface area contributed by atoms with E-state index >= 15 is 0 Å². The van der Waals surface area contributed by atoms with Gasteiger partial charge in [0.15, 0.2) is 5.92 Å². The molecular weight excluding hydrogens is 266 g/mol. The molecule has 0 spiro atoms. The molecule has 20 heavy (non-hydrogen) atoms. The van der Waals surface area contributed by atoms with E-state index in [0.29, 0.717) is 5.56 Å². The van der Waals surface area contributed by atoms with Crippen LogP contribution < -0.4 is 0 Å². The fraction of sp³-hybridized carbons (Fsp3) is 0.385. The molecule has 0 aromatic heterocycles. The van der Waals surface area contributed by atoms with Gasteiger partial charge < -0.3 is 9.47 Å². The van der Waals surface area contributed by atoms with Gasteiger partial charge in [0, 0.05) is 6.07 Å². The Morgan fingerprint density at radius 2 is 2.00 bits per heavy atom. The van der Waals surface area contributed by atoms with E-state index in [1.54, 1.807) is 19.9 Å². The smallest absolute Gasteiger partial charge is 0.325 e. The van der Waals surface area contributed by atoms with Gasteiger partial charge in [-0.3, -0.25) is 19.7 Å². The molecule has 0 N–H and O–H groups in total. The maximum Gasteiger partial charge on any atom is 0.325 e. The van der Waals surface area contributed by atoms with Gasteiger partial charge in [0.2, 0.25) is 0 Å². The van der Waals surface area contributed by atoms with E-state index in [1.807, 2.05) is 0 Å². The Hall–Kier alpha value is -2.44. The summed E-state index contributed by atoms with van der Waals surface area (Å²) in [4.78, 5) is 34.0. The number of carbonyl (C=O) groups is 2. The molecular formula is C13H15NO6. The molecule has 0 aliphatic carbocycles. The van der Waals surface area contributed by atoms with Gasteiger partial charge in [-0.2, -0.15) is 0 Å². The first-order chi connectivity index (χ1) is 9.42. The van der Waals surface area contributed by atoms with Crippen LogP contribution in [-0.2, 0) is 19.1 Å². The van der Waals surface area contributed by atoms with Crippen LogP contribution in [-0.4, -0.2) is 30.6 Å². The van der Waals surface area contributed by atoms with Gasteiger partial charge in [0.1, 0.15) is 0 Å². The number of esters is 2. The van der Waals surface area contributed by atoms with Crippen molar-refractivity contribution in [3.8, 4) is 0 Å². The SMILES string of the molecule is CCOC(=O)C(C(=O)OC)c1ccc(C)cc1[N+](=O)[O-]. The van der Waals surface area contributed by atoms with Crippen molar-refractivity contribution in [3.63, 3.8) is 0 Å². The van der Waals surface area contributed by atoms with E-state index in [1.165, 1.54) is 12.1 Å². The second-order valence-corrected chi connectivity index (χ2v) is 4.03. The third kappa shape index (κ3) is 3.31. The highest BCUT2D eigenvalue weighted by Gasteiger charge is 2.36. The molecule has 0 radical (unpaired) electrons. The summed E-state index contributed by atoms with van der Waals surface area (Å²) in [5.74, 6) is -3.22. The molecule has 0 aliphatic heterocycles. The van der Waals surface area contributed by atoms with Crippen LogP contribution in [0.3, 0.4) is 0 Å². The predicted molar refractivity (Wildman–Crippen MR) is 69.2 cm³/mol. The molecule has 7 nitrogen and oxygen atoms in total. The zero-order chi connectivity index (χ0) is 15.3. The summed E-state index contributed by atoms with van der Waals surface area (Å²) in [5.41, 5.74) is 0.298. The number of benzene rings is 1. The second kappa shape index (κ2) is 6.65. The lowest BCUT2D eigenvalue weighted by Gasteiger charge is -2.14. The molecule has 1 rings (SSSR count). The molecule has 0 saturated carbocycles. The molecule has 0 bridgehead atoms. The minimum absolute atomic E-state index is 0.0362. The average molecular weight is 281 g/mol. The van der Waals surface area contributed by atoms with Crippen molar-refractivity contribution in [2.45, 2.75) is 19.8 Å². The summed E-state index contributed by atoms with van der Waals surface area (Å²) in [6.07, 6.45) is 0. The lowest BCUT2D eigenvalue weighted by Crippen LogP contribution is -2.26. The highest BCUT2D eigenvalue weighted by Crippen LogP contribution is 2.29. The number of hydrogen-bond donors (Lipinski definition) is 0. The summed E-state index contributed by atoms with van der Waals surface area (Å²) < 4.78 is 9.32. The zero-order valence-corrected chi connectivity index (χ0v) is 11.4. The molecule has 1 unspecified atom stereocenters. The molecule has 0 heterocycles. The third-order valence-electron chi connectivity index (χ3n) is 2.65. The fourth-order valence-corrected chi connectivity index (χ4v) is 1.75. The summed E-state index contributed by atoms with van der Waals surface area (Å²) in [7, 11) is 1.11. The predicted octanol–water partition coefficient (Wildman–Crippen LogP) is 1.72. The van der Waals surface area contributed by atoms with Crippen LogP contribution in [0.1, 0.15) is 24.0 Å². The Balaban J connectivity index is 3.37. The first-order valence-electron chi connectivity index (χ1n) is 5.91. The summed E-state index contributed by atoms with van der Waals surface area (Å²) >= 11 is 0. The molecule has 0 aliphatic rings. The van der Waals surface area contributed by atoms with Crippen LogP contribution in [0.4, 0.5) is 5.69 Å². The number of carbonyl (C=O) groups excluding carboxylic acids is 2. The Morgan fingerprint density at radius 3 is 2.50 bits per heavy atom. The number of aryl methyl sites for hydroxylation is 1. The van der Waals surface area contributed by atoms with E-state index in [0.717, 1.165) is 7.11 Å². The largest absolute Gasteiger partial charge is 0.468 e. The normalized spacial score (nSPS) is 11.6. The zero-order valence-electron chi connectivity index (χ0n) is 11.4. The number of rotatable bonds is 5. The maximum atomic E-state index is 11.9. The minimum Gasteiger partial charge on any atom is -0.468 e. The summed E-state index contributed by atoms with van der Waals surface area (Å²) in [6.45, 7) is 3.32. The Kier molecular flexibility index (Phi) is 5.19. The monoisotopic (exact) mass is 281 g/mol. The number of nitrogens with zero attached hydrogens (tertiary/aromatic N) is 1. The van der Waals surface area contributed by atoms with Crippen LogP contribution in [0.15, 0.2) is 18.2 Å². The number of nitro benzene ring substituents is 1. The van der Waals surface area contributed by atoms with Gasteiger partial charge in [0.25, 0.3) is 5.69 Å². The first-order valence-corrected chi connectivity index (χ1v) is 5.91. The summed E-state index contributed by atoms with van der Waals surface area (Å²) in [5, 5.41) is 11.1. The molecule has 1 atom stereocenters. The topological polar surface area (TPSA) is 95.7 Å². The Bertz CT molecular complexity index is 540. The molecule has 0 fully saturated rings. The highest BCUT2D eigenvalue weighted by molar-refractivity contribution is 6.01. The van der Waals surface area contributed by atoms with E-state index in [4.69, 9.17) is 4.74 Å². The third-order valence-corrected chi connectivity index (χ3v) is 2.65. The molecule has 1 aromatic carbocycles. The molecule has 7 heteroatoms. The van der Waals surface area contributed by atoms with E-state index in [2.05, 4.69) is 4.74 Å². The fourth-order valence-electron chi connectivity index (χ4n) is 1.75. The number of ether oxygens (including phenoxy) is 2. The number of hydrogen-bond acceptors (Lipinski definition) is 6. The first kappa shape index (κ1) is 15.6. The Morgan fingerprint density at radius 1 is 1.35 bits per heavy atom. The van der Waals surface area contributed by atoms with Gasteiger partial charge in [-0.15, -0.1) is 0 Å². The van der Waals surface area contributed by atoms with Gasteiger partial charge in [0.05, 0.1) is 24.2 Å². The highest BCUT2D eigenvalue weighted by atomic mass is 16.6. The maximum absolute atomic E-state index is 11.9. The second-order valence-electron chi connectivity index (χ2n) is 4.03.